The highest BCUT2D eigenvalue weighted by atomic mass is 127. The first-order valence-electron chi connectivity index (χ1n) is 10.8. The number of rotatable bonds is 6. The quantitative estimate of drug-likeness (QED) is 0.121. The molecule has 4 nitrogen and oxygen atoms in total. The summed E-state index contributed by atoms with van der Waals surface area (Å²) in [5, 5.41) is 0. The van der Waals surface area contributed by atoms with Crippen LogP contribution in [0.3, 0.4) is 0 Å². The van der Waals surface area contributed by atoms with Crippen LogP contribution in [-0.2, 0) is 13.1 Å². The van der Waals surface area contributed by atoms with E-state index in [0.717, 1.165) is 13.1 Å². The van der Waals surface area contributed by atoms with E-state index < -0.39 is 0 Å². The molecule has 2 N–H and O–H groups in total. The fraction of sp³-hybridized carbons (Fsp3) is 0.0714. The highest BCUT2D eigenvalue weighted by molar-refractivity contribution is 5.61. The van der Waals surface area contributed by atoms with E-state index in [-0.39, 0.29) is 81.9 Å². The van der Waals surface area contributed by atoms with Crippen LogP contribution in [0.25, 0.3) is 22.3 Å². The molecule has 0 aliphatic rings. The molecule has 0 atom stereocenters. The van der Waals surface area contributed by atoms with E-state index in [2.05, 4.69) is 117 Å². The molecule has 4 heterocycles. The van der Waals surface area contributed by atoms with Crippen LogP contribution in [0, 0.1) is 0 Å². The number of H-pyrrole nitrogens is 2. The number of hydrogen-bond acceptors (Lipinski definition) is 0. The predicted octanol–water partition coefficient (Wildman–Crippen LogP) is -8.66. The van der Waals surface area contributed by atoms with Crippen LogP contribution in [0.4, 0.5) is 0 Å². The van der Waals surface area contributed by atoms with E-state index >= 15 is 0 Å². The van der Waals surface area contributed by atoms with E-state index in [1.54, 1.807) is 0 Å². The standard InChI is InChI=1S/C28H24N4.2BrH.2HI/c1-2-24(22-32-19-11-28(12-20-32)26-7-15-30-16-8-26)4-3-23(1)21-31-17-9-27(10-18-31)25-5-13-29-14-6-25;;;;/h1-20H,21-22H2;4*1H/q+2;;;;/p-2. The van der Waals surface area contributed by atoms with E-state index in [9.17, 15) is 0 Å². The maximum Gasteiger partial charge on any atom is 0.173 e. The van der Waals surface area contributed by atoms with Crippen molar-refractivity contribution in [3.63, 3.8) is 0 Å². The number of aromatic nitrogens is 4. The second kappa shape index (κ2) is 16.2. The van der Waals surface area contributed by atoms with Crippen molar-refractivity contribution in [1.82, 2.24) is 0 Å². The van der Waals surface area contributed by atoms with Crippen LogP contribution in [0.2, 0.25) is 0 Å². The minimum Gasteiger partial charge on any atom is -1.00 e. The molecule has 0 aliphatic heterocycles. The summed E-state index contributed by atoms with van der Waals surface area (Å²) in [6.07, 6.45) is 16.4. The number of pyridine rings is 4. The molecule has 0 aliphatic carbocycles. The predicted molar refractivity (Wildman–Crippen MR) is 122 cm³/mol. The Morgan fingerprint density at radius 3 is 1.00 bits per heavy atom. The van der Waals surface area contributed by atoms with Gasteiger partial charge in [-0.3, -0.25) is 0 Å². The molecule has 8 heteroatoms. The molecule has 1 aromatic carbocycles. The summed E-state index contributed by atoms with van der Waals surface area (Å²) in [5.74, 6) is 0. The van der Waals surface area contributed by atoms with E-state index in [0.29, 0.717) is 0 Å². The van der Waals surface area contributed by atoms with Gasteiger partial charge in [0.25, 0.3) is 0 Å². The topological polar surface area (TPSA) is 36.0 Å². The van der Waals surface area contributed by atoms with Gasteiger partial charge in [0, 0.05) is 59.7 Å². The van der Waals surface area contributed by atoms with E-state index in [1.165, 1.54) is 33.4 Å². The molecule has 0 amide bonds. The molecule has 0 saturated heterocycles. The molecule has 4 aromatic heterocycles. The maximum atomic E-state index is 3.07. The largest absolute Gasteiger partial charge is 1.00 e. The maximum absolute atomic E-state index is 3.07. The van der Waals surface area contributed by atoms with Crippen molar-refractivity contribution >= 4 is 0 Å². The summed E-state index contributed by atoms with van der Waals surface area (Å²) in [7, 11) is 0. The van der Waals surface area contributed by atoms with Crippen molar-refractivity contribution in [3.05, 3.63) is 133 Å². The lowest BCUT2D eigenvalue weighted by Crippen LogP contribution is -3.00. The van der Waals surface area contributed by atoms with Crippen molar-refractivity contribution in [3.8, 4) is 22.3 Å². The third kappa shape index (κ3) is 8.67. The Hall–Kier alpha value is -1.76. The Bertz CT molecular complexity index is 1180. The van der Waals surface area contributed by atoms with Crippen LogP contribution in [0.5, 0.6) is 0 Å². The first-order chi connectivity index (χ1) is 15.8. The summed E-state index contributed by atoms with van der Waals surface area (Å²) in [6, 6.07) is 25.9. The van der Waals surface area contributed by atoms with Gasteiger partial charge < -0.3 is 81.9 Å². The summed E-state index contributed by atoms with van der Waals surface area (Å²) < 4.78 is 4.42. The molecule has 0 spiro atoms. The number of hydrogen-bond donors (Lipinski definition) is 0. The monoisotopic (exact) mass is 830 g/mol. The Labute approximate surface area is 267 Å². The van der Waals surface area contributed by atoms with Crippen LogP contribution in [0.1, 0.15) is 11.1 Å². The first kappa shape index (κ1) is 32.3. The van der Waals surface area contributed by atoms with Gasteiger partial charge in [0.1, 0.15) is 0 Å². The SMILES string of the molecule is [Br-].[Br-].[I-].[I-].c1cc(-c2cc[n+](Cc3ccc(C[n+]4ccc(-c5cc[nH+]cc5)cc4)cc3)cc2)cc[nH+]1. The lowest BCUT2D eigenvalue weighted by molar-refractivity contribution is -0.688. The van der Waals surface area contributed by atoms with Gasteiger partial charge in [-0.2, -0.15) is 0 Å². The summed E-state index contributed by atoms with van der Waals surface area (Å²) in [6.45, 7) is 1.72. The number of nitrogens with one attached hydrogen (secondary N) is 2. The Morgan fingerprint density at radius 2 is 0.694 bits per heavy atom. The lowest BCUT2D eigenvalue weighted by atomic mass is 10.1. The van der Waals surface area contributed by atoms with Gasteiger partial charge in [-0.1, -0.05) is 24.3 Å². The number of aromatic amines is 2. The van der Waals surface area contributed by atoms with Crippen molar-refractivity contribution in [2.75, 3.05) is 0 Å². The molecule has 36 heavy (non-hydrogen) atoms. The third-order valence-electron chi connectivity index (χ3n) is 5.64. The van der Waals surface area contributed by atoms with Crippen molar-refractivity contribution in [1.29, 1.82) is 0 Å². The summed E-state index contributed by atoms with van der Waals surface area (Å²) in [5.41, 5.74) is 7.46. The Balaban J connectivity index is 0.00000162. The Kier molecular flexibility index (Phi) is 14.5. The summed E-state index contributed by atoms with van der Waals surface area (Å²) in [4.78, 5) is 6.14. The molecule has 0 saturated carbocycles. The highest BCUT2D eigenvalue weighted by Crippen LogP contribution is 2.16. The van der Waals surface area contributed by atoms with E-state index in [1.807, 2.05) is 24.8 Å². The molecule has 0 fully saturated rings. The van der Waals surface area contributed by atoms with Crippen LogP contribution in [0.15, 0.2) is 122 Å². The van der Waals surface area contributed by atoms with E-state index in [4.69, 9.17) is 0 Å². The van der Waals surface area contributed by atoms with Gasteiger partial charge in [-0.15, -0.1) is 0 Å². The zero-order chi connectivity index (χ0) is 21.6. The molecule has 0 unspecified atom stereocenters. The molecular weight excluding hydrogens is 806 g/mol. The molecule has 5 rings (SSSR count). The average Bonchev–Trinajstić information content (AvgIpc) is 2.87. The fourth-order valence-electron chi connectivity index (χ4n) is 3.84. The lowest BCUT2D eigenvalue weighted by Gasteiger charge is -2.03. The van der Waals surface area contributed by atoms with Gasteiger partial charge in [0.15, 0.2) is 62.7 Å². The zero-order valence-corrected chi connectivity index (χ0v) is 26.9. The fourth-order valence-corrected chi connectivity index (χ4v) is 3.84. The molecule has 0 radical (unpaired) electrons. The van der Waals surface area contributed by atoms with Gasteiger partial charge in [0.05, 0.1) is 0 Å². The Morgan fingerprint density at radius 1 is 0.417 bits per heavy atom. The third-order valence-corrected chi connectivity index (χ3v) is 5.64. The average molecular weight is 832 g/mol. The van der Waals surface area contributed by atoms with Gasteiger partial charge in [-0.25, -0.2) is 19.1 Å². The van der Waals surface area contributed by atoms with Gasteiger partial charge in [0.2, 0.25) is 0 Å². The highest BCUT2D eigenvalue weighted by Gasteiger charge is 2.08. The summed E-state index contributed by atoms with van der Waals surface area (Å²) >= 11 is 0. The number of nitrogens with zero attached hydrogens (tertiary/aromatic N) is 2. The minimum absolute atomic E-state index is 0. The second-order valence-corrected chi connectivity index (χ2v) is 7.91. The van der Waals surface area contributed by atoms with Crippen molar-refractivity contribution < 1.29 is 101 Å². The molecule has 186 valence electrons. The van der Waals surface area contributed by atoms with Gasteiger partial charge >= 0.3 is 0 Å². The first-order valence-corrected chi connectivity index (χ1v) is 10.8. The van der Waals surface area contributed by atoms with Crippen LogP contribution >= 0.6 is 0 Å². The zero-order valence-electron chi connectivity index (χ0n) is 19.4. The smallest absolute Gasteiger partial charge is 0.173 e. The number of halogens is 4. The molecule has 0 bridgehead atoms. The molecular formula is C28H26Br2I2N4. The normalized spacial score (nSPS) is 9.56. The van der Waals surface area contributed by atoms with Crippen molar-refractivity contribution in [2.24, 2.45) is 0 Å². The second-order valence-electron chi connectivity index (χ2n) is 7.91. The van der Waals surface area contributed by atoms with Gasteiger partial charge in [-0.05, 0) is 22.3 Å². The van der Waals surface area contributed by atoms with Crippen molar-refractivity contribution in [2.45, 2.75) is 13.1 Å². The van der Waals surface area contributed by atoms with Crippen LogP contribution < -0.4 is 101 Å². The molecule has 5 aromatic rings. The van der Waals surface area contributed by atoms with Crippen LogP contribution in [-0.4, -0.2) is 0 Å². The minimum atomic E-state index is 0. The number of benzene rings is 1.